The molecule has 0 spiro atoms. The molecule has 1 atom stereocenters. The molecule has 184 valence electrons. The van der Waals surface area contributed by atoms with E-state index in [4.69, 9.17) is 5.53 Å². The average molecular weight is 497 g/mol. The van der Waals surface area contributed by atoms with Crippen molar-refractivity contribution in [3.63, 3.8) is 0 Å². The molecule has 3 N–H and O–H groups in total. The highest BCUT2D eigenvalue weighted by atomic mass is 32.2. The number of nitrogens with zero attached hydrogens (tertiary/aromatic N) is 5. The highest BCUT2D eigenvalue weighted by Crippen LogP contribution is 2.25. The molecule has 1 aromatic heterocycles. The van der Waals surface area contributed by atoms with E-state index >= 15 is 0 Å². The number of para-hydroxylation sites is 2. The summed E-state index contributed by atoms with van der Waals surface area (Å²) in [7, 11) is -3.76. The van der Waals surface area contributed by atoms with Gasteiger partial charge in [0.2, 0.25) is 5.91 Å². The number of hydrogen-bond acceptors (Lipinski definition) is 9. The molecule has 0 saturated carbocycles. The molecule has 11 nitrogen and oxygen atoms in total. The smallest absolute Gasteiger partial charge is 0.263 e. The molecule has 0 bridgehead atoms. The quantitative estimate of drug-likeness (QED) is 0.406. The number of rotatable bonds is 8. The fraction of sp³-hybridized carbons (Fsp3) is 0.261. The molecule has 0 aliphatic carbocycles. The van der Waals surface area contributed by atoms with E-state index in [2.05, 4.69) is 30.0 Å². The first-order valence-electron chi connectivity index (χ1n) is 11.0. The minimum absolute atomic E-state index is 0. The summed E-state index contributed by atoms with van der Waals surface area (Å²) >= 11 is 0. The van der Waals surface area contributed by atoms with E-state index in [1.807, 2.05) is 6.07 Å². The lowest BCUT2D eigenvalue weighted by Gasteiger charge is -2.37. The fourth-order valence-corrected chi connectivity index (χ4v) is 4.84. The van der Waals surface area contributed by atoms with E-state index in [0.717, 1.165) is 5.69 Å². The van der Waals surface area contributed by atoms with Crippen LogP contribution in [-0.2, 0) is 14.8 Å². The number of carbonyl (C=O) groups excluding carboxylic acids is 1. The van der Waals surface area contributed by atoms with Crippen LogP contribution in [0.15, 0.2) is 77.1 Å². The van der Waals surface area contributed by atoms with Crippen molar-refractivity contribution in [2.24, 2.45) is 5.11 Å². The zero-order valence-electron chi connectivity index (χ0n) is 19.1. The summed E-state index contributed by atoms with van der Waals surface area (Å²) in [6.45, 7) is 4.14. The van der Waals surface area contributed by atoms with Crippen LogP contribution in [0.5, 0.6) is 0 Å². The Labute approximate surface area is 205 Å². The van der Waals surface area contributed by atoms with Crippen molar-refractivity contribution < 1.29 is 14.6 Å². The second kappa shape index (κ2) is 10.5. The number of sulfonamides is 1. The molecule has 0 radical (unpaired) electrons. The lowest BCUT2D eigenvalue weighted by molar-refractivity contribution is -0.131. The SMILES string of the molecule is CC(Nc1ccccc1N=N)C(=O)N1CCN(c2ccc(S(=O)(=O)Nc3ccncn3)cc2)CC1.[HH]. The molecular weight excluding hydrogens is 468 g/mol. The Morgan fingerprint density at radius 2 is 1.80 bits per heavy atom. The molecule has 4 rings (SSSR count). The standard InChI is InChI=1S/C23H26N8O3S.H2/c1-17(27-20-4-2-3-5-21(20)28-24)23(32)31-14-12-30(13-15-31)18-6-8-19(9-7-18)35(33,34)29-22-10-11-25-16-26-22;/h2-11,16-17,24,27H,12-15H2,1H3,(H,25,26,29);1H. The maximum absolute atomic E-state index is 12.9. The number of amides is 1. The molecule has 1 saturated heterocycles. The monoisotopic (exact) mass is 496 g/mol. The van der Waals surface area contributed by atoms with Gasteiger partial charge in [0.1, 0.15) is 23.9 Å². The summed E-state index contributed by atoms with van der Waals surface area (Å²) in [5.74, 6) is 0.174. The maximum atomic E-state index is 12.9. The molecule has 3 aromatic rings. The van der Waals surface area contributed by atoms with Crippen LogP contribution < -0.4 is 14.9 Å². The Kier molecular flexibility index (Phi) is 7.20. The van der Waals surface area contributed by atoms with E-state index < -0.39 is 16.1 Å². The van der Waals surface area contributed by atoms with Gasteiger partial charge in [-0.2, -0.15) is 5.11 Å². The van der Waals surface area contributed by atoms with Crippen LogP contribution in [0, 0.1) is 5.53 Å². The minimum atomic E-state index is -3.76. The Morgan fingerprint density at radius 1 is 1.09 bits per heavy atom. The Bertz CT molecular complexity index is 1280. The van der Waals surface area contributed by atoms with E-state index in [1.54, 1.807) is 54.3 Å². The first kappa shape index (κ1) is 24.1. The average Bonchev–Trinajstić information content (AvgIpc) is 2.89. The van der Waals surface area contributed by atoms with Gasteiger partial charge in [-0.1, -0.05) is 12.1 Å². The number of nitrogens with one attached hydrogen (secondary N) is 3. The Hall–Kier alpha value is -4.06. The van der Waals surface area contributed by atoms with Gasteiger partial charge in [0.25, 0.3) is 10.0 Å². The van der Waals surface area contributed by atoms with E-state index in [0.29, 0.717) is 37.6 Å². The fourth-order valence-electron chi connectivity index (χ4n) is 3.83. The van der Waals surface area contributed by atoms with Crippen molar-refractivity contribution in [2.75, 3.05) is 41.1 Å². The van der Waals surface area contributed by atoms with E-state index in [1.165, 1.54) is 18.6 Å². The molecule has 1 unspecified atom stereocenters. The van der Waals surface area contributed by atoms with Gasteiger partial charge in [0, 0.05) is 39.5 Å². The normalized spacial score (nSPS) is 14.8. The third-order valence-electron chi connectivity index (χ3n) is 5.69. The lowest BCUT2D eigenvalue weighted by Crippen LogP contribution is -2.52. The molecule has 2 aromatic carbocycles. The summed E-state index contributed by atoms with van der Waals surface area (Å²) in [5.41, 5.74) is 9.29. The highest BCUT2D eigenvalue weighted by Gasteiger charge is 2.26. The minimum Gasteiger partial charge on any atom is -0.372 e. The van der Waals surface area contributed by atoms with Gasteiger partial charge in [-0.05, 0) is 49.4 Å². The topological polar surface area (TPSA) is 144 Å². The van der Waals surface area contributed by atoms with Crippen LogP contribution >= 0.6 is 0 Å². The summed E-state index contributed by atoms with van der Waals surface area (Å²) in [4.78, 5) is 24.6. The van der Waals surface area contributed by atoms with Gasteiger partial charge in [-0.3, -0.25) is 9.52 Å². The van der Waals surface area contributed by atoms with Gasteiger partial charge >= 0.3 is 0 Å². The summed E-state index contributed by atoms with van der Waals surface area (Å²) < 4.78 is 27.6. The number of anilines is 3. The molecule has 12 heteroatoms. The van der Waals surface area contributed by atoms with E-state index in [-0.39, 0.29) is 18.0 Å². The molecule has 1 amide bonds. The second-order valence-corrected chi connectivity index (χ2v) is 9.68. The molecule has 2 heterocycles. The van der Waals surface area contributed by atoms with Crippen LogP contribution in [-0.4, -0.2) is 61.4 Å². The van der Waals surface area contributed by atoms with Crippen LogP contribution in [0.1, 0.15) is 8.35 Å². The van der Waals surface area contributed by atoms with Crippen LogP contribution in [0.25, 0.3) is 0 Å². The third kappa shape index (κ3) is 5.72. The summed E-state index contributed by atoms with van der Waals surface area (Å²) in [6, 6.07) is 14.8. The van der Waals surface area contributed by atoms with Crippen LogP contribution in [0.2, 0.25) is 0 Å². The highest BCUT2D eigenvalue weighted by molar-refractivity contribution is 7.92. The predicted octanol–water partition coefficient (Wildman–Crippen LogP) is 3.34. The van der Waals surface area contributed by atoms with Gasteiger partial charge < -0.3 is 15.1 Å². The third-order valence-corrected chi connectivity index (χ3v) is 7.06. The van der Waals surface area contributed by atoms with Gasteiger partial charge in [0.15, 0.2) is 0 Å². The predicted molar refractivity (Wildman–Crippen MR) is 135 cm³/mol. The van der Waals surface area contributed by atoms with Crippen molar-refractivity contribution in [1.82, 2.24) is 14.9 Å². The largest absolute Gasteiger partial charge is 0.372 e. The van der Waals surface area contributed by atoms with Gasteiger partial charge in [-0.25, -0.2) is 23.9 Å². The molecule has 35 heavy (non-hydrogen) atoms. The zero-order valence-corrected chi connectivity index (χ0v) is 19.9. The van der Waals surface area contributed by atoms with Crippen molar-refractivity contribution in [2.45, 2.75) is 17.9 Å². The van der Waals surface area contributed by atoms with Crippen molar-refractivity contribution >= 4 is 38.8 Å². The van der Waals surface area contributed by atoms with Crippen LogP contribution in [0.3, 0.4) is 0 Å². The zero-order chi connectivity index (χ0) is 24.8. The Balaban J connectivity index is 0.00000361. The van der Waals surface area contributed by atoms with E-state index in [9.17, 15) is 13.2 Å². The van der Waals surface area contributed by atoms with Crippen LogP contribution in [0.4, 0.5) is 22.9 Å². The van der Waals surface area contributed by atoms with Crippen molar-refractivity contribution in [1.29, 1.82) is 5.53 Å². The molecule has 1 fully saturated rings. The first-order valence-corrected chi connectivity index (χ1v) is 12.5. The summed E-state index contributed by atoms with van der Waals surface area (Å²) in [5, 5.41) is 6.64. The van der Waals surface area contributed by atoms with Gasteiger partial charge in [-0.15, -0.1) is 0 Å². The number of benzene rings is 2. The molecule has 1 aliphatic heterocycles. The Morgan fingerprint density at radius 3 is 2.46 bits per heavy atom. The maximum Gasteiger partial charge on any atom is 0.263 e. The first-order chi connectivity index (χ1) is 16.9. The van der Waals surface area contributed by atoms with Gasteiger partial charge in [0.05, 0.1) is 10.6 Å². The number of carbonyl (C=O) groups is 1. The number of aromatic nitrogens is 2. The molecular formula is C23H28N8O3S. The lowest BCUT2D eigenvalue weighted by atomic mass is 10.2. The molecule has 1 aliphatic rings. The number of hydrogen-bond donors (Lipinski definition) is 3. The van der Waals surface area contributed by atoms with Crippen molar-refractivity contribution in [3.8, 4) is 0 Å². The van der Waals surface area contributed by atoms with Crippen molar-refractivity contribution in [3.05, 3.63) is 67.1 Å². The second-order valence-electron chi connectivity index (χ2n) is 8.00. The summed E-state index contributed by atoms with van der Waals surface area (Å²) in [6.07, 6.45) is 2.73. The number of piperazine rings is 1.